The molecule has 0 aliphatic carbocycles. The van der Waals surface area contributed by atoms with Crippen LogP contribution in [0.2, 0.25) is 0 Å². The van der Waals surface area contributed by atoms with Gasteiger partial charge in [-0.1, -0.05) is 0 Å². The van der Waals surface area contributed by atoms with Gasteiger partial charge >= 0.3 is 0 Å². The van der Waals surface area contributed by atoms with E-state index in [-0.39, 0.29) is 24.9 Å². The van der Waals surface area contributed by atoms with Crippen LogP contribution in [0.3, 0.4) is 0 Å². The number of aliphatic hydroxyl groups is 1. The number of hydroxylamine groups is 2. The van der Waals surface area contributed by atoms with Crippen LogP contribution in [0.15, 0.2) is 12.2 Å². The average molecular weight is 242 g/mol. The zero-order valence-corrected chi connectivity index (χ0v) is 9.24. The van der Waals surface area contributed by atoms with E-state index >= 15 is 0 Å². The molecule has 2 amide bonds. The third-order valence-corrected chi connectivity index (χ3v) is 2.60. The predicted octanol–water partition coefficient (Wildman–Crippen LogP) is -0.811. The summed E-state index contributed by atoms with van der Waals surface area (Å²) in [5.41, 5.74) is 0. The molecule has 94 valence electrons. The topological polar surface area (TPSA) is 79.3 Å². The monoisotopic (exact) mass is 242 g/mol. The SMILES string of the molecule is O=C1CCCOON1CCN1C(=O)C=CC1O. The number of hydrogen-bond donors (Lipinski definition) is 1. The van der Waals surface area contributed by atoms with Gasteiger partial charge in [-0.15, -0.1) is 4.99 Å². The molecule has 1 unspecified atom stereocenters. The van der Waals surface area contributed by atoms with Gasteiger partial charge in [0.2, 0.25) is 11.8 Å². The van der Waals surface area contributed by atoms with Gasteiger partial charge in [0.15, 0.2) is 0 Å². The number of carbonyl (C=O) groups excluding carboxylic acids is 2. The fourth-order valence-corrected chi connectivity index (χ4v) is 1.65. The highest BCUT2D eigenvalue weighted by atomic mass is 17.3. The first kappa shape index (κ1) is 12.0. The Morgan fingerprint density at radius 2 is 2.24 bits per heavy atom. The molecule has 17 heavy (non-hydrogen) atoms. The lowest BCUT2D eigenvalue weighted by Gasteiger charge is -2.24. The molecule has 1 N–H and O–H groups in total. The summed E-state index contributed by atoms with van der Waals surface area (Å²) in [6.45, 7) is 0.737. The van der Waals surface area contributed by atoms with E-state index in [0.29, 0.717) is 19.4 Å². The molecule has 1 saturated heterocycles. The summed E-state index contributed by atoms with van der Waals surface area (Å²) in [6, 6.07) is 0. The number of amides is 2. The number of carbonyl (C=O) groups is 2. The molecule has 2 rings (SSSR count). The Kier molecular flexibility index (Phi) is 3.72. The van der Waals surface area contributed by atoms with Gasteiger partial charge < -0.3 is 10.0 Å². The Morgan fingerprint density at radius 1 is 1.41 bits per heavy atom. The van der Waals surface area contributed by atoms with Crippen LogP contribution in [0.4, 0.5) is 0 Å². The minimum Gasteiger partial charge on any atom is -0.370 e. The van der Waals surface area contributed by atoms with E-state index in [2.05, 4.69) is 0 Å². The van der Waals surface area contributed by atoms with Crippen molar-refractivity contribution in [3.8, 4) is 0 Å². The van der Waals surface area contributed by atoms with E-state index in [4.69, 9.17) is 9.88 Å². The van der Waals surface area contributed by atoms with E-state index in [0.717, 1.165) is 5.06 Å². The third kappa shape index (κ3) is 2.82. The van der Waals surface area contributed by atoms with E-state index in [1.165, 1.54) is 17.1 Å². The van der Waals surface area contributed by atoms with E-state index in [9.17, 15) is 14.7 Å². The van der Waals surface area contributed by atoms with Crippen molar-refractivity contribution in [1.29, 1.82) is 0 Å². The third-order valence-electron chi connectivity index (χ3n) is 2.60. The summed E-state index contributed by atoms with van der Waals surface area (Å²) in [6.07, 6.45) is 2.73. The largest absolute Gasteiger partial charge is 0.370 e. The van der Waals surface area contributed by atoms with Crippen LogP contribution in [0.25, 0.3) is 0 Å². The van der Waals surface area contributed by atoms with Crippen LogP contribution in [0, 0.1) is 0 Å². The Hall–Kier alpha value is -1.44. The first-order valence-electron chi connectivity index (χ1n) is 5.45. The molecule has 7 nitrogen and oxygen atoms in total. The van der Waals surface area contributed by atoms with Crippen LogP contribution in [0.5, 0.6) is 0 Å². The molecule has 1 atom stereocenters. The van der Waals surface area contributed by atoms with Crippen LogP contribution < -0.4 is 0 Å². The van der Waals surface area contributed by atoms with Gasteiger partial charge in [-0.2, -0.15) is 5.06 Å². The minimum absolute atomic E-state index is 0.170. The van der Waals surface area contributed by atoms with Gasteiger partial charge in [0.25, 0.3) is 0 Å². The summed E-state index contributed by atoms with van der Waals surface area (Å²) in [5, 5.41) is 10.5. The van der Waals surface area contributed by atoms with E-state index < -0.39 is 6.23 Å². The second kappa shape index (κ2) is 5.26. The smallest absolute Gasteiger partial charge is 0.248 e. The number of aliphatic hydroxyl groups excluding tert-OH is 1. The Bertz CT molecular complexity index is 344. The lowest BCUT2D eigenvalue weighted by molar-refractivity contribution is -0.405. The summed E-state index contributed by atoms with van der Waals surface area (Å²) in [5.74, 6) is -0.461. The van der Waals surface area contributed by atoms with Crippen molar-refractivity contribution in [2.24, 2.45) is 0 Å². The molecule has 0 spiro atoms. The number of nitrogens with zero attached hydrogens (tertiary/aromatic N) is 2. The Balaban J connectivity index is 1.84. The van der Waals surface area contributed by atoms with Crippen molar-refractivity contribution in [2.45, 2.75) is 19.1 Å². The maximum Gasteiger partial charge on any atom is 0.248 e. The molecule has 2 heterocycles. The van der Waals surface area contributed by atoms with Crippen LogP contribution >= 0.6 is 0 Å². The molecular formula is C10H14N2O5. The first-order chi connectivity index (χ1) is 8.18. The highest BCUT2D eigenvalue weighted by molar-refractivity contribution is 5.90. The molecule has 0 bridgehead atoms. The van der Waals surface area contributed by atoms with Crippen molar-refractivity contribution >= 4 is 11.8 Å². The molecule has 1 fully saturated rings. The second-order valence-electron chi connectivity index (χ2n) is 3.80. The Morgan fingerprint density at radius 3 is 2.94 bits per heavy atom. The molecule has 0 aromatic carbocycles. The van der Waals surface area contributed by atoms with E-state index in [1.54, 1.807) is 0 Å². The molecule has 7 heteroatoms. The lowest BCUT2D eigenvalue weighted by Crippen LogP contribution is -2.41. The first-order valence-corrected chi connectivity index (χ1v) is 5.45. The van der Waals surface area contributed by atoms with Crippen molar-refractivity contribution < 1.29 is 24.6 Å². The van der Waals surface area contributed by atoms with Crippen LogP contribution in [0.1, 0.15) is 12.8 Å². The van der Waals surface area contributed by atoms with Gasteiger partial charge in [-0.25, -0.2) is 4.89 Å². The van der Waals surface area contributed by atoms with Gasteiger partial charge in [0.05, 0.1) is 13.2 Å². The predicted molar refractivity (Wildman–Crippen MR) is 54.8 cm³/mol. The highest BCUT2D eigenvalue weighted by Gasteiger charge is 2.26. The average Bonchev–Trinajstić information content (AvgIpc) is 2.52. The van der Waals surface area contributed by atoms with E-state index in [1.807, 2.05) is 0 Å². The normalized spacial score (nSPS) is 25.6. The summed E-state index contributed by atoms with van der Waals surface area (Å²) in [7, 11) is 0. The fraction of sp³-hybridized carbons (Fsp3) is 0.600. The summed E-state index contributed by atoms with van der Waals surface area (Å²) in [4.78, 5) is 33.6. The van der Waals surface area contributed by atoms with Crippen LogP contribution in [-0.4, -0.2) is 52.8 Å². The van der Waals surface area contributed by atoms with Gasteiger partial charge in [-0.05, 0) is 12.5 Å². The molecule has 0 aromatic heterocycles. The number of hydrogen-bond acceptors (Lipinski definition) is 5. The maximum absolute atomic E-state index is 11.5. The Labute approximate surface area is 98.1 Å². The summed E-state index contributed by atoms with van der Waals surface area (Å²) >= 11 is 0. The standard InChI is InChI=1S/C10H14N2O5/c13-8-3-4-9(14)11(8)5-6-12-10(15)2-1-7-16-17-12/h3-4,8,13H,1-2,5-7H2. The maximum atomic E-state index is 11.5. The molecule has 0 saturated carbocycles. The zero-order valence-electron chi connectivity index (χ0n) is 9.24. The quantitative estimate of drug-likeness (QED) is 0.655. The zero-order chi connectivity index (χ0) is 12.3. The highest BCUT2D eigenvalue weighted by Crippen LogP contribution is 2.10. The molecular weight excluding hydrogens is 228 g/mol. The van der Waals surface area contributed by atoms with Gasteiger partial charge in [-0.3, -0.25) is 9.59 Å². The van der Waals surface area contributed by atoms with Gasteiger partial charge in [0, 0.05) is 19.0 Å². The van der Waals surface area contributed by atoms with Crippen LogP contribution in [-0.2, 0) is 19.5 Å². The fourth-order valence-electron chi connectivity index (χ4n) is 1.65. The second-order valence-corrected chi connectivity index (χ2v) is 3.80. The van der Waals surface area contributed by atoms with Crippen molar-refractivity contribution in [3.05, 3.63) is 12.2 Å². The van der Waals surface area contributed by atoms with Gasteiger partial charge in [0.1, 0.15) is 6.23 Å². The molecule has 2 aliphatic heterocycles. The van der Waals surface area contributed by atoms with Crippen molar-refractivity contribution in [2.75, 3.05) is 19.7 Å². The van der Waals surface area contributed by atoms with Crippen molar-refractivity contribution in [1.82, 2.24) is 9.96 Å². The number of rotatable bonds is 3. The molecule has 0 aromatic rings. The lowest BCUT2D eigenvalue weighted by atomic mass is 10.3. The summed E-state index contributed by atoms with van der Waals surface area (Å²) < 4.78 is 0. The van der Waals surface area contributed by atoms with Crippen molar-refractivity contribution in [3.63, 3.8) is 0 Å². The molecule has 2 aliphatic rings. The minimum atomic E-state index is -0.925. The molecule has 0 radical (unpaired) electrons.